The molecule has 0 spiro atoms. The molecule has 0 radical (unpaired) electrons. The topological polar surface area (TPSA) is 17.8 Å². The Morgan fingerprint density at radius 1 is 0.525 bits per heavy atom. The molecule has 0 unspecified atom stereocenters. The first-order valence-corrected chi connectivity index (χ1v) is 13.9. The molecule has 2 heteroatoms. The van der Waals surface area contributed by atoms with Crippen LogP contribution in [-0.2, 0) is 5.41 Å². The summed E-state index contributed by atoms with van der Waals surface area (Å²) in [7, 11) is 0. The second-order valence-corrected chi connectivity index (χ2v) is 11.3. The fraction of sp³-hybridized carbons (Fsp3) is 0.0789. The van der Waals surface area contributed by atoms with Crippen LogP contribution >= 0.6 is 0 Å². The number of para-hydroxylation sites is 1. The van der Waals surface area contributed by atoms with Gasteiger partial charge in [0.1, 0.15) is 0 Å². The van der Waals surface area contributed by atoms with Crippen molar-refractivity contribution in [3.05, 3.63) is 145 Å². The van der Waals surface area contributed by atoms with Crippen LogP contribution in [0.15, 0.2) is 134 Å². The van der Waals surface area contributed by atoms with E-state index in [2.05, 4.69) is 139 Å². The molecule has 0 fully saturated rings. The van der Waals surface area contributed by atoms with Gasteiger partial charge in [0.2, 0.25) is 0 Å². The smallest absolute Gasteiger partial charge is 0.0645 e. The average molecular weight is 513 g/mol. The number of pyridine rings is 1. The van der Waals surface area contributed by atoms with E-state index in [1.165, 1.54) is 66.3 Å². The molecule has 0 N–H and O–H groups in total. The van der Waals surface area contributed by atoms with E-state index in [0.29, 0.717) is 0 Å². The summed E-state index contributed by atoms with van der Waals surface area (Å²) in [4.78, 5) is 4.37. The van der Waals surface area contributed by atoms with E-state index in [1.54, 1.807) is 0 Å². The highest BCUT2D eigenvalue weighted by atomic mass is 15.0. The molecule has 190 valence electrons. The monoisotopic (exact) mass is 512 g/mol. The zero-order chi connectivity index (χ0) is 26.8. The number of fused-ring (bicyclic) bond motifs is 6. The predicted octanol–water partition coefficient (Wildman–Crippen LogP) is 9.82. The lowest BCUT2D eigenvalue weighted by molar-refractivity contribution is 0.660. The molecular weight excluding hydrogens is 484 g/mol. The second-order valence-electron chi connectivity index (χ2n) is 11.3. The van der Waals surface area contributed by atoms with Crippen molar-refractivity contribution in [2.24, 2.45) is 0 Å². The number of rotatable bonds is 3. The lowest BCUT2D eigenvalue weighted by Crippen LogP contribution is -2.14. The van der Waals surface area contributed by atoms with Crippen molar-refractivity contribution in [2.75, 3.05) is 0 Å². The lowest BCUT2D eigenvalue weighted by Gasteiger charge is -2.22. The van der Waals surface area contributed by atoms with Gasteiger partial charge in [-0.05, 0) is 80.9 Å². The van der Waals surface area contributed by atoms with Crippen LogP contribution < -0.4 is 0 Å². The van der Waals surface area contributed by atoms with Gasteiger partial charge in [-0.3, -0.25) is 4.98 Å². The van der Waals surface area contributed by atoms with Crippen LogP contribution in [0.5, 0.6) is 0 Å². The molecule has 5 aromatic carbocycles. The minimum atomic E-state index is 0.00623. The largest absolute Gasteiger partial charge is 0.308 e. The molecule has 1 aliphatic carbocycles. The molecule has 0 amide bonds. The molecular formula is C38H28N2. The highest BCUT2D eigenvalue weighted by Crippen LogP contribution is 2.49. The molecule has 40 heavy (non-hydrogen) atoms. The number of hydrogen-bond acceptors (Lipinski definition) is 1. The SMILES string of the molecule is CC1(C)c2ccccc2-c2ccc(-c3ccc(-c4ccc5c(c4)c4ccccc4n5-c4cccnc4)cc3)cc21. The molecule has 2 nitrogen and oxygen atoms in total. The Balaban J connectivity index is 1.19. The van der Waals surface area contributed by atoms with Gasteiger partial charge in [0.15, 0.2) is 0 Å². The number of aromatic nitrogens is 2. The van der Waals surface area contributed by atoms with Crippen LogP contribution in [0.25, 0.3) is 60.9 Å². The summed E-state index contributed by atoms with van der Waals surface area (Å²) >= 11 is 0. The van der Waals surface area contributed by atoms with E-state index < -0.39 is 0 Å². The van der Waals surface area contributed by atoms with E-state index in [4.69, 9.17) is 0 Å². The molecule has 8 rings (SSSR count). The Morgan fingerprint density at radius 2 is 1.18 bits per heavy atom. The first kappa shape index (κ1) is 23.0. The molecule has 0 aliphatic heterocycles. The Morgan fingerprint density at radius 3 is 1.98 bits per heavy atom. The van der Waals surface area contributed by atoms with Crippen LogP contribution in [0.2, 0.25) is 0 Å². The highest BCUT2D eigenvalue weighted by Gasteiger charge is 2.35. The maximum Gasteiger partial charge on any atom is 0.0645 e. The van der Waals surface area contributed by atoms with Gasteiger partial charge >= 0.3 is 0 Å². The summed E-state index contributed by atoms with van der Waals surface area (Å²) in [5.41, 5.74) is 14.0. The van der Waals surface area contributed by atoms with Crippen molar-refractivity contribution in [1.82, 2.24) is 9.55 Å². The standard InChI is InChI=1S/C38H28N2/c1-38(2)34-11-5-3-9-30(34)31-19-17-28(23-35(31)38)26-15-13-25(14-16-26)27-18-20-37-33(22-27)32-10-4-6-12-36(32)40(37)29-8-7-21-39-24-29/h3-24H,1-2H3. The van der Waals surface area contributed by atoms with E-state index in [9.17, 15) is 0 Å². The third-order valence-electron chi connectivity index (χ3n) is 8.71. The molecule has 0 atom stereocenters. The van der Waals surface area contributed by atoms with Gasteiger partial charge in [-0.2, -0.15) is 0 Å². The van der Waals surface area contributed by atoms with Crippen LogP contribution in [0.4, 0.5) is 0 Å². The highest BCUT2D eigenvalue weighted by molar-refractivity contribution is 6.10. The Kier molecular flexibility index (Phi) is 4.90. The van der Waals surface area contributed by atoms with E-state index in [0.717, 1.165) is 5.69 Å². The minimum absolute atomic E-state index is 0.00623. The maximum absolute atomic E-state index is 4.37. The van der Waals surface area contributed by atoms with Crippen molar-refractivity contribution in [3.8, 4) is 39.1 Å². The molecule has 2 heterocycles. The molecule has 2 aromatic heterocycles. The van der Waals surface area contributed by atoms with Gasteiger partial charge in [0.05, 0.1) is 22.9 Å². The summed E-state index contributed by atoms with van der Waals surface area (Å²) in [5.74, 6) is 0. The van der Waals surface area contributed by atoms with Gasteiger partial charge in [0, 0.05) is 22.4 Å². The summed E-state index contributed by atoms with van der Waals surface area (Å²) in [6.07, 6.45) is 3.75. The summed E-state index contributed by atoms with van der Waals surface area (Å²) < 4.78 is 2.30. The Bertz CT molecular complexity index is 2060. The Labute approximate surface area is 234 Å². The van der Waals surface area contributed by atoms with Gasteiger partial charge in [0.25, 0.3) is 0 Å². The third-order valence-corrected chi connectivity index (χ3v) is 8.71. The molecule has 0 saturated heterocycles. The van der Waals surface area contributed by atoms with Crippen LogP contribution in [-0.4, -0.2) is 9.55 Å². The minimum Gasteiger partial charge on any atom is -0.308 e. The van der Waals surface area contributed by atoms with Crippen molar-refractivity contribution in [2.45, 2.75) is 19.3 Å². The molecule has 1 aliphatic rings. The summed E-state index contributed by atoms with van der Waals surface area (Å²) in [6.45, 7) is 4.68. The van der Waals surface area contributed by atoms with Gasteiger partial charge in [-0.25, -0.2) is 0 Å². The fourth-order valence-electron chi connectivity index (χ4n) is 6.66. The van der Waals surface area contributed by atoms with Crippen LogP contribution in [0.3, 0.4) is 0 Å². The first-order valence-electron chi connectivity index (χ1n) is 13.9. The maximum atomic E-state index is 4.37. The molecule has 0 bridgehead atoms. The average Bonchev–Trinajstić information content (AvgIpc) is 3.46. The first-order chi connectivity index (χ1) is 19.6. The zero-order valence-electron chi connectivity index (χ0n) is 22.6. The lowest BCUT2D eigenvalue weighted by atomic mass is 9.81. The molecule has 0 saturated carbocycles. The predicted molar refractivity (Wildman–Crippen MR) is 167 cm³/mol. The van der Waals surface area contributed by atoms with Crippen molar-refractivity contribution in [1.29, 1.82) is 0 Å². The van der Waals surface area contributed by atoms with Crippen LogP contribution in [0.1, 0.15) is 25.0 Å². The molecule has 7 aromatic rings. The number of nitrogens with zero attached hydrogens (tertiary/aromatic N) is 2. The van der Waals surface area contributed by atoms with Crippen molar-refractivity contribution >= 4 is 21.8 Å². The van der Waals surface area contributed by atoms with Crippen molar-refractivity contribution in [3.63, 3.8) is 0 Å². The van der Waals surface area contributed by atoms with Gasteiger partial charge < -0.3 is 4.57 Å². The quantitative estimate of drug-likeness (QED) is 0.230. The summed E-state index contributed by atoms with van der Waals surface area (Å²) in [5, 5.41) is 2.50. The third kappa shape index (κ3) is 3.32. The second kappa shape index (κ2) is 8.53. The zero-order valence-corrected chi connectivity index (χ0v) is 22.6. The number of benzene rings is 5. The number of hydrogen-bond donors (Lipinski definition) is 0. The van der Waals surface area contributed by atoms with E-state index >= 15 is 0 Å². The van der Waals surface area contributed by atoms with E-state index in [-0.39, 0.29) is 5.41 Å². The Hall–Kier alpha value is -4.95. The van der Waals surface area contributed by atoms with Crippen molar-refractivity contribution < 1.29 is 0 Å². The van der Waals surface area contributed by atoms with Gasteiger partial charge in [-0.15, -0.1) is 0 Å². The normalized spacial score (nSPS) is 13.4. The fourth-order valence-corrected chi connectivity index (χ4v) is 6.66. The van der Waals surface area contributed by atoms with Crippen LogP contribution in [0, 0.1) is 0 Å². The van der Waals surface area contributed by atoms with E-state index in [1.807, 2.05) is 18.5 Å². The summed E-state index contributed by atoms with van der Waals surface area (Å²) in [6, 6.07) is 44.3. The van der Waals surface area contributed by atoms with Gasteiger partial charge in [-0.1, -0.05) is 98.8 Å².